The lowest BCUT2D eigenvalue weighted by atomic mass is 10.1. The van der Waals surface area contributed by atoms with Crippen LogP contribution in [-0.2, 0) is 0 Å². The quantitative estimate of drug-likeness (QED) is 0.775. The summed E-state index contributed by atoms with van der Waals surface area (Å²) in [4.78, 5) is 11.5. The molecule has 2 amide bonds. The molecule has 1 unspecified atom stereocenters. The average Bonchev–Trinajstić information content (AvgIpc) is 2.29. The fraction of sp³-hybridized carbons (Fsp3) is 0.417. The zero-order chi connectivity index (χ0) is 12.8. The van der Waals surface area contributed by atoms with E-state index in [1.54, 1.807) is 24.3 Å². The Balaban J connectivity index is 2.37. The van der Waals surface area contributed by atoms with Gasteiger partial charge in [0, 0.05) is 17.3 Å². The minimum atomic E-state index is -0.536. The van der Waals surface area contributed by atoms with Crippen LogP contribution in [0.2, 0.25) is 5.02 Å². The second-order valence-electron chi connectivity index (χ2n) is 4.15. The molecule has 0 aliphatic rings. The van der Waals surface area contributed by atoms with Crippen LogP contribution in [0, 0.1) is 5.92 Å². The highest BCUT2D eigenvalue weighted by Crippen LogP contribution is 2.13. The van der Waals surface area contributed by atoms with E-state index in [0.29, 0.717) is 10.7 Å². The first-order valence-corrected chi connectivity index (χ1v) is 5.85. The SMILES string of the molecule is CC(C)C(O)CNC(=O)Nc1ccc(Cl)cc1. The average molecular weight is 257 g/mol. The molecule has 0 bridgehead atoms. The molecule has 0 saturated carbocycles. The number of anilines is 1. The predicted molar refractivity (Wildman–Crippen MR) is 69.3 cm³/mol. The van der Waals surface area contributed by atoms with E-state index in [-0.39, 0.29) is 18.5 Å². The molecule has 0 aliphatic carbocycles. The van der Waals surface area contributed by atoms with Gasteiger partial charge in [0.15, 0.2) is 0 Å². The summed E-state index contributed by atoms with van der Waals surface area (Å²) in [6.45, 7) is 4.02. The van der Waals surface area contributed by atoms with Gasteiger partial charge in [-0.2, -0.15) is 0 Å². The summed E-state index contributed by atoms with van der Waals surface area (Å²) in [6.07, 6.45) is -0.536. The molecule has 5 heteroatoms. The molecule has 3 N–H and O–H groups in total. The number of hydrogen-bond donors (Lipinski definition) is 3. The summed E-state index contributed by atoms with van der Waals surface area (Å²) in [6, 6.07) is 6.47. The lowest BCUT2D eigenvalue weighted by Gasteiger charge is -2.15. The molecule has 1 aromatic rings. The second-order valence-corrected chi connectivity index (χ2v) is 4.59. The number of nitrogens with one attached hydrogen (secondary N) is 2. The van der Waals surface area contributed by atoms with Crippen LogP contribution in [0.5, 0.6) is 0 Å². The van der Waals surface area contributed by atoms with Gasteiger partial charge in [-0.3, -0.25) is 0 Å². The normalized spacial score (nSPS) is 12.3. The number of carbonyl (C=O) groups excluding carboxylic acids is 1. The van der Waals surface area contributed by atoms with E-state index in [0.717, 1.165) is 0 Å². The largest absolute Gasteiger partial charge is 0.391 e. The second kappa shape index (κ2) is 6.47. The Morgan fingerprint density at radius 1 is 1.35 bits per heavy atom. The third-order valence-electron chi connectivity index (χ3n) is 2.34. The molecule has 94 valence electrons. The van der Waals surface area contributed by atoms with Crippen molar-refractivity contribution in [3.05, 3.63) is 29.3 Å². The van der Waals surface area contributed by atoms with Crippen molar-refractivity contribution in [2.24, 2.45) is 5.92 Å². The fourth-order valence-corrected chi connectivity index (χ4v) is 1.27. The minimum Gasteiger partial charge on any atom is -0.391 e. The molecule has 1 atom stereocenters. The van der Waals surface area contributed by atoms with E-state index >= 15 is 0 Å². The summed E-state index contributed by atoms with van der Waals surface area (Å²) >= 11 is 5.72. The Morgan fingerprint density at radius 2 is 1.94 bits per heavy atom. The smallest absolute Gasteiger partial charge is 0.319 e. The Bertz CT molecular complexity index is 365. The van der Waals surface area contributed by atoms with Crippen LogP contribution in [-0.4, -0.2) is 23.8 Å². The van der Waals surface area contributed by atoms with Gasteiger partial charge in [-0.15, -0.1) is 0 Å². The van der Waals surface area contributed by atoms with E-state index in [4.69, 9.17) is 11.6 Å². The lowest BCUT2D eigenvalue weighted by molar-refractivity contribution is 0.126. The van der Waals surface area contributed by atoms with Crippen molar-refractivity contribution < 1.29 is 9.90 Å². The van der Waals surface area contributed by atoms with E-state index in [1.165, 1.54) is 0 Å². The highest BCUT2D eigenvalue weighted by molar-refractivity contribution is 6.30. The van der Waals surface area contributed by atoms with Gasteiger partial charge in [-0.05, 0) is 30.2 Å². The summed E-state index contributed by atoms with van der Waals surface area (Å²) in [5.74, 6) is 0.117. The standard InChI is InChI=1S/C12H17ClN2O2/c1-8(2)11(16)7-14-12(17)15-10-5-3-9(13)4-6-10/h3-6,8,11,16H,7H2,1-2H3,(H2,14,15,17). The third kappa shape index (κ3) is 5.06. The Hall–Kier alpha value is -1.26. The maximum absolute atomic E-state index is 11.5. The molecular formula is C12H17ClN2O2. The summed E-state index contributed by atoms with van der Waals surface area (Å²) in [5.41, 5.74) is 0.658. The first-order chi connectivity index (χ1) is 7.99. The van der Waals surface area contributed by atoms with Crippen LogP contribution in [0.3, 0.4) is 0 Å². The topological polar surface area (TPSA) is 61.4 Å². The van der Waals surface area contributed by atoms with E-state index in [9.17, 15) is 9.90 Å². The van der Waals surface area contributed by atoms with Gasteiger partial charge in [0.1, 0.15) is 0 Å². The molecule has 1 aromatic carbocycles. The van der Waals surface area contributed by atoms with Gasteiger partial charge >= 0.3 is 6.03 Å². The number of rotatable bonds is 4. The van der Waals surface area contributed by atoms with Crippen molar-refractivity contribution in [2.45, 2.75) is 20.0 Å². The molecule has 4 nitrogen and oxygen atoms in total. The van der Waals surface area contributed by atoms with Crippen molar-refractivity contribution in [1.29, 1.82) is 0 Å². The van der Waals surface area contributed by atoms with Crippen LogP contribution in [0.15, 0.2) is 24.3 Å². The molecular weight excluding hydrogens is 240 g/mol. The maximum Gasteiger partial charge on any atom is 0.319 e. The number of halogens is 1. The highest BCUT2D eigenvalue weighted by atomic mass is 35.5. The van der Waals surface area contributed by atoms with Crippen LogP contribution >= 0.6 is 11.6 Å². The first kappa shape index (κ1) is 13.8. The van der Waals surface area contributed by atoms with Gasteiger partial charge in [-0.1, -0.05) is 25.4 Å². The number of benzene rings is 1. The zero-order valence-corrected chi connectivity index (χ0v) is 10.7. The molecule has 0 spiro atoms. The van der Waals surface area contributed by atoms with Gasteiger partial charge < -0.3 is 15.7 Å². The van der Waals surface area contributed by atoms with Crippen molar-refractivity contribution in [1.82, 2.24) is 5.32 Å². The highest BCUT2D eigenvalue weighted by Gasteiger charge is 2.10. The van der Waals surface area contributed by atoms with E-state index in [1.807, 2.05) is 13.8 Å². The van der Waals surface area contributed by atoms with Crippen molar-refractivity contribution >= 4 is 23.3 Å². The summed E-state index contributed by atoms with van der Waals surface area (Å²) in [7, 11) is 0. The summed E-state index contributed by atoms with van der Waals surface area (Å²) in [5, 5.41) is 15.4. The Kier molecular flexibility index (Phi) is 5.25. The first-order valence-electron chi connectivity index (χ1n) is 5.47. The monoisotopic (exact) mass is 256 g/mol. The van der Waals surface area contributed by atoms with Gasteiger partial charge in [0.25, 0.3) is 0 Å². The molecule has 0 fully saturated rings. The van der Waals surface area contributed by atoms with E-state index in [2.05, 4.69) is 10.6 Å². The number of amides is 2. The number of carbonyl (C=O) groups is 1. The third-order valence-corrected chi connectivity index (χ3v) is 2.60. The minimum absolute atomic E-state index is 0.117. The molecule has 0 aromatic heterocycles. The summed E-state index contributed by atoms with van der Waals surface area (Å²) < 4.78 is 0. The van der Waals surface area contributed by atoms with Crippen molar-refractivity contribution in [2.75, 3.05) is 11.9 Å². The van der Waals surface area contributed by atoms with Gasteiger partial charge in [0.2, 0.25) is 0 Å². The zero-order valence-electron chi connectivity index (χ0n) is 9.90. The van der Waals surface area contributed by atoms with E-state index < -0.39 is 6.10 Å². The van der Waals surface area contributed by atoms with Crippen LogP contribution < -0.4 is 10.6 Å². The molecule has 0 saturated heterocycles. The number of urea groups is 1. The molecule has 0 aliphatic heterocycles. The van der Waals surface area contributed by atoms with Crippen molar-refractivity contribution in [3.63, 3.8) is 0 Å². The van der Waals surface area contributed by atoms with Crippen LogP contribution in [0.4, 0.5) is 10.5 Å². The van der Waals surface area contributed by atoms with Gasteiger partial charge in [-0.25, -0.2) is 4.79 Å². The van der Waals surface area contributed by atoms with Crippen LogP contribution in [0.25, 0.3) is 0 Å². The fourth-order valence-electron chi connectivity index (χ4n) is 1.14. The van der Waals surface area contributed by atoms with Crippen LogP contribution in [0.1, 0.15) is 13.8 Å². The number of hydrogen-bond acceptors (Lipinski definition) is 2. The molecule has 1 rings (SSSR count). The predicted octanol–water partition coefficient (Wildman–Crippen LogP) is 2.48. The Labute approximate surface area is 106 Å². The van der Waals surface area contributed by atoms with Gasteiger partial charge in [0.05, 0.1) is 6.10 Å². The van der Waals surface area contributed by atoms with Crippen molar-refractivity contribution in [3.8, 4) is 0 Å². The lowest BCUT2D eigenvalue weighted by Crippen LogP contribution is -2.37. The molecule has 0 heterocycles. The molecule has 17 heavy (non-hydrogen) atoms. The number of aliphatic hydroxyl groups is 1. The Morgan fingerprint density at radius 3 is 2.47 bits per heavy atom. The maximum atomic E-state index is 11.5. The number of aliphatic hydroxyl groups excluding tert-OH is 1. The molecule has 0 radical (unpaired) electrons.